The SMILES string of the molecule is CC(C)CN1CCC(CS(=O)(=O)N2CC[C@H](NC(=O)c3cc(C4CC4)on3)C[C@@H]2C)CC1. The number of hydrogen-bond donors (Lipinski definition) is 1. The average molecular weight is 467 g/mol. The van der Waals surface area contributed by atoms with Crippen molar-refractivity contribution in [3.05, 3.63) is 17.5 Å². The third kappa shape index (κ3) is 5.91. The summed E-state index contributed by atoms with van der Waals surface area (Å²) in [5, 5.41) is 6.93. The monoisotopic (exact) mass is 466 g/mol. The first-order valence-electron chi connectivity index (χ1n) is 12.2. The van der Waals surface area contributed by atoms with Gasteiger partial charge in [0.15, 0.2) is 5.69 Å². The van der Waals surface area contributed by atoms with Crippen molar-refractivity contribution in [2.75, 3.05) is 31.9 Å². The molecule has 1 amide bonds. The quantitative estimate of drug-likeness (QED) is 0.633. The number of sulfonamides is 1. The van der Waals surface area contributed by atoms with Crippen LogP contribution >= 0.6 is 0 Å². The number of rotatable bonds is 8. The van der Waals surface area contributed by atoms with Crippen LogP contribution in [0.15, 0.2) is 10.6 Å². The van der Waals surface area contributed by atoms with Gasteiger partial charge >= 0.3 is 0 Å². The number of nitrogens with zero attached hydrogens (tertiary/aromatic N) is 3. The minimum Gasteiger partial charge on any atom is -0.360 e. The molecule has 3 aliphatic rings. The minimum absolute atomic E-state index is 0.0516. The maximum absolute atomic E-state index is 13.1. The molecule has 0 aromatic carbocycles. The lowest BCUT2D eigenvalue weighted by molar-refractivity contribution is 0.0905. The lowest BCUT2D eigenvalue weighted by atomic mass is 9.98. The molecule has 9 heteroatoms. The van der Waals surface area contributed by atoms with E-state index in [9.17, 15) is 13.2 Å². The van der Waals surface area contributed by atoms with Crippen LogP contribution in [0.25, 0.3) is 0 Å². The minimum atomic E-state index is -3.30. The van der Waals surface area contributed by atoms with E-state index in [-0.39, 0.29) is 29.7 Å². The third-order valence-corrected chi connectivity index (χ3v) is 9.17. The molecule has 2 atom stereocenters. The fourth-order valence-electron chi connectivity index (χ4n) is 5.16. The first kappa shape index (κ1) is 23.7. The van der Waals surface area contributed by atoms with Crippen molar-refractivity contribution < 1.29 is 17.7 Å². The zero-order valence-electron chi connectivity index (χ0n) is 19.6. The van der Waals surface area contributed by atoms with Gasteiger partial charge in [-0.2, -0.15) is 4.31 Å². The van der Waals surface area contributed by atoms with Gasteiger partial charge in [-0.25, -0.2) is 8.42 Å². The average Bonchev–Trinajstić information content (AvgIpc) is 3.45. The van der Waals surface area contributed by atoms with Crippen LogP contribution in [0.3, 0.4) is 0 Å². The van der Waals surface area contributed by atoms with Gasteiger partial charge in [-0.05, 0) is 70.4 Å². The predicted octanol–water partition coefficient (Wildman–Crippen LogP) is 2.83. The van der Waals surface area contributed by atoms with Gasteiger partial charge in [-0.3, -0.25) is 4.79 Å². The van der Waals surface area contributed by atoms with Crippen LogP contribution in [0, 0.1) is 11.8 Å². The van der Waals surface area contributed by atoms with E-state index in [2.05, 4.69) is 29.2 Å². The van der Waals surface area contributed by atoms with Crippen LogP contribution in [0.1, 0.15) is 81.5 Å². The second-order valence-corrected chi connectivity index (χ2v) is 12.4. The highest BCUT2D eigenvalue weighted by Crippen LogP contribution is 2.40. The summed E-state index contributed by atoms with van der Waals surface area (Å²) in [6.07, 6.45) is 5.33. The molecule has 2 saturated heterocycles. The van der Waals surface area contributed by atoms with Gasteiger partial charge in [-0.15, -0.1) is 0 Å². The Hall–Kier alpha value is -1.45. The lowest BCUT2D eigenvalue weighted by Crippen LogP contribution is -2.52. The smallest absolute Gasteiger partial charge is 0.273 e. The maximum atomic E-state index is 13.1. The molecule has 1 aromatic heterocycles. The van der Waals surface area contributed by atoms with E-state index in [1.165, 1.54) is 0 Å². The normalized spacial score (nSPS) is 26.5. The van der Waals surface area contributed by atoms with E-state index in [0.717, 1.165) is 51.1 Å². The highest BCUT2D eigenvalue weighted by atomic mass is 32.2. The molecule has 1 aromatic rings. The summed E-state index contributed by atoms with van der Waals surface area (Å²) in [5.74, 6) is 2.09. The molecule has 0 radical (unpaired) electrons. The lowest BCUT2D eigenvalue weighted by Gasteiger charge is -2.38. The first-order valence-corrected chi connectivity index (χ1v) is 13.8. The molecule has 3 fully saturated rings. The molecule has 0 unspecified atom stereocenters. The Labute approximate surface area is 192 Å². The van der Waals surface area contributed by atoms with Gasteiger partial charge in [0, 0.05) is 37.2 Å². The largest absolute Gasteiger partial charge is 0.360 e. The Balaban J connectivity index is 1.25. The van der Waals surface area contributed by atoms with Crippen molar-refractivity contribution in [3.8, 4) is 0 Å². The molecular formula is C23H38N4O4S. The molecule has 4 rings (SSSR count). The Kier molecular flexibility index (Phi) is 7.27. The van der Waals surface area contributed by atoms with Crippen molar-refractivity contribution in [2.24, 2.45) is 11.8 Å². The van der Waals surface area contributed by atoms with Crippen molar-refractivity contribution in [1.29, 1.82) is 0 Å². The summed E-state index contributed by atoms with van der Waals surface area (Å²) in [6, 6.07) is 1.56. The van der Waals surface area contributed by atoms with E-state index in [1.807, 2.05) is 6.92 Å². The topological polar surface area (TPSA) is 95.8 Å². The van der Waals surface area contributed by atoms with Gasteiger partial charge in [0.25, 0.3) is 5.91 Å². The standard InChI is InChI=1S/C23H38N4O4S/c1-16(2)14-26-9-6-18(7-10-26)15-32(29,30)27-11-8-20(12-17(27)3)24-23(28)21-13-22(31-25-21)19-4-5-19/h13,16-20H,4-12,14-15H2,1-3H3,(H,24,28)/t17-,20-/m0/s1. The molecule has 8 nitrogen and oxygen atoms in total. The third-order valence-electron chi connectivity index (χ3n) is 7.03. The molecule has 1 aliphatic carbocycles. The number of likely N-dealkylation sites (tertiary alicyclic amines) is 1. The van der Waals surface area contributed by atoms with E-state index < -0.39 is 10.0 Å². The van der Waals surface area contributed by atoms with Crippen molar-refractivity contribution in [2.45, 2.75) is 77.3 Å². The summed E-state index contributed by atoms with van der Waals surface area (Å²) in [5.41, 5.74) is 0.318. The molecule has 180 valence electrons. The molecule has 0 spiro atoms. The molecule has 3 heterocycles. The van der Waals surface area contributed by atoms with Crippen LogP contribution in [0.5, 0.6) is 0 Å². The van der Waals surface area contributed by atoms with Crippen molar-refractivity contribution >= 4 is 15.9 Å². The maximum Gasteiger partial charge on any atom is 0.273 e. The number of aromatic nitrogens is 1. The predicted molar refractivity (Wildman–Crippen MR) is 123 cm³/mol. The number of carbonyl (C=O) groups is 1. The molecule has 2 aliphatic heterocycles. The van der Waals surface area contributed by atoms with Crippen molar-refractivity contribution in [3.63, 3.8) is 0 Å². The number of piperidine rings is 2. The van der Waals surface area contributed by atoms with Gasteiger partial charge in [-0.1, -0.05) is 19.0 Å². The molecule has 32 heavy (non-hydrogen) atoms. The highest BCUT2D eigenvalue weighted by Gasteiger charge is 2.36. The summed E-state index contributed by atoms with van der Waals surface area (Å²) >= 11 is 0. The Bertz CT molecular complexity index is 888. The molecule has 0 bridgehead atoms. The van der Waals surface area contributed by atoms with Gasteiger partial charge in [0.1, 0.15) is 5.76 Å². The zero-order valence-corrected chi connectivity index (χ0v) is 20.4. The van der Waals surface area contributed by atoms with Crippen LogP contribution in [-0.2, 0) is 10.0 Å². The molecular weight excluding hydrogens is 428 g/mol. The number of hydrogen-bond acceptors (Lipinski definition) is 6. The van der Waals surface area contributed by atoms with E-state index in [4.69, 9.17) is 4.52 Å². The van der Waals surface area contributed by atoms with Crippen LogP contribution in [0.4, 0.5) is 0 Å². The first-order chi connectivity index (χ1) is 15.2. The van der Waals surface area contributed by atoms with Gasteiger partial charge in [0.05, 0.1) is 5.75 Å². The molecule has 1 saturated carbocycles. The zero-order chi connectivity index (χ0) is 22.9. The molecule has 1 N–H and O–H groups in total. The fraction of sp³-hybridized carbons (Fsp3) is 0.826. The van der Waals surface area contributed by atoms with Gasteiger partial charge in [0.2, 0.25) is 10.0 Å². The van der Waals surface area contributed by atoms with Gasteiger partial charge < -0.3 is 14.7 Å². The van der Waals surface area contributed by atoms with Crippen LogP contribution < -0.4 is 5.32 Å². The second-order valence-electron chi connectivity index (χ2n) is 10.5. The number of amides is 1. The second kappa shape index (κ2) is 9.81. The van der Waals surface area contributed by atoms with E-state index >= 15 is 0 Å². The fourth-order valence-corrected chi connectivity index (χ4v) is 7.30. The Morgan fingerprint density at radius 2 is 1.91 bits per heavy atom. The highest BCUT2D eigenvalue weighted by molar-refractivity contribution is 7.89. The number of carbonyl (C=O) groups excluding carboxylic acids is 1. The van der Waals surface area contributed by atoms with Crippen LogP contribution in [-0.4, -0.2) is 72.7 Å². The summed E-state index contributed by atoms with van der Waals surface area (Å²) in [6.45, 7) is 9.92. The van der Waals surface area contributed by atoms with Crippen LogP contribution in [0.2, 0.25) is 0 Å². The van der Waals surface area contributed by atoms with Crippen molar-refractivity contribution in [1.82, 2.24) is 19.7 Å². The summed E-state index contributed by atoms with van der Waals surface area (Å²) in [4.78, 5) is 15.0. The van der Waals surface area contributed by atoms with E-state index in [1.54, 1.807) is 10.4 Å². The summed E-state index contributed by atoms with van der Waals surface area (Å²) < 4.78 is 33.2. The van der Waals surface area contributed by atoms with E-state index in [0.29, 0.717) is 36.9 Å². The Morgan fingerprint density at radius 1 is 1.19 bits per heavy atom. The Morgan fingerprint density at radius 3 is 2.53 bits per heavy atom. The summed E-state index contributed by atoms with van der Waals surface area (Å²) in [7, 11) is -3.30. The number of nitrogens with one attached hydrogen (secondary N) is 1.